The van der Waals surface area contributed by atoms with E-state index in [9.17, 15) is 0 Å². The predicted molar refractivity (Wildman–Crippen MR) is 65.2 cm³/mol. The van der Waals surface area contributed by atoms with Gasteiger partial charge in [0.2, 0.25) is 0 Å². The molecule has 4 heteroatoms. The largest absolute Gasteiger partial charge is 0.349 e. The third kappa shape index (κ3) is 10.5. The zero-order chi connectivity index (χ0) is 11.8. The standard InChI is InChI=1S/C11H20Cl2O2/c1-8(2)6-14-11(5-10(12)13)15-7-9(3)4/h5,8-9,11H,6-7H2,1-4H3. The second-order valence-corrected chi connectivity index (χ2v) is 5.29. The van der Waals surface area contributed by atoms with Gasteiger partial charge in [-0.2, -0.15) is 0 Å². The second-order valence-electron chi connectivity index (χ2n) is 4.28. The molecule has 0 saturated heterocycles. The topological polar surface area (TPSA) is 18.5 Å². The molecule has 90 valence electrons. The van der Waals surface area contributed by atoms with Crippen LogP contribution in [-0.4, -0.2) is 19.5 Å². The van der Waals surface area contributed by atoms with Crippen molar-refractivity contribution in [2.45, 2.75) is 34.0 Å². The molecule has 0 aliphatic carbocycles. The molecule has 0 amide bonds. The van der Waals surface area contributed by atoms with Crippen LogP contribution in [0.15, 0.2) is 10.6 Å². The molecule has 0 N–H and O–H groups in total. The Labute approximate surface area is 103 Å². The zero-order valence-electron chi connectivity index (χ0n) is 9.80. The van der Waals surface area contributed by atoms with E-state index >= 15 is 0 Å². The smallest absolute Gasteiger partial charge is 0.179 e. The molecule has 0 aliphatic heterocycles. The number of hydrogen-bond donors (Lipinski definition) is 0. The fraction of sp³-hybridized carbons (Fsp3) is 0.818. The molecular weight excluding hydrogens is 235 g/mol. The van der Waals surface area contributed by atoms with E-state index < -0.39 is 6.29 Å². The minimum Gasteiger partial charge on any atom is -0.349 e. The minimum atomic E-state index is -0.445. The van der Waals surface area contributed by atoms with E-state index in [1.165, 1.54) is 0 Å². The molecule has 0 spiro atoms. The summed E-state index contributed by atoms with van der Waals surface area (Å²) in [5, 5.41) is 0. The van der Waals surface area contributed by atoms with Crippen LogP contribution in [0.4, 0.5) is 0 Å². The van der Waals surface area contributed by atoms with Crippen molar-refractivity contribution in [3.8, 4) is 0 Å². The van der Waals surface area contributed by atoms with E-state index in [-0.39, 0.29) is 4.49 Å². The summed E-state index contributed by atoms with van der Waals surface area (Å²) < 4.78 is 11.2. The Balaban J connectivity index is 4.01. The van der Waals surface area contributed by atoms with Crippen LogP contribution in [0.5, 0.6) is 0 Å². The molecule has 2 nitrogen and oxygen atoms in total. The highest BCUT2D eigenvalue weighted by Crippen LogP contribution is 2.12. The van der Waals surface area contributed by atoms with Crippen molar-refractivity contribution >= 4 is 23.2 Å². The fourth-order valence-corrected chi connectivity index (χ4v) is 1.03. The van der Waals surface area contributed by atoms with Crippen molar-refractivity contribution in [3.05, 3.63) is 10.6 Å². The lowest BCUT2D eigenvalue weighted by Gasteiger charge is -2.17. The Morgan fingerprint density at radius 3 is 1.67 bits per heavy atom. The van der Waals surface area contributed by atoms with Gasteiger partial charge in [-0.3, -0.25) is 0 Å². The fourth-order valence-electron chi connectivity index (χ4n) is 0.822. The van der Waals surface area contributed by atoms with Gasteiger partial charge in [-0.25, -0.2) is 0 Å². The summed E-state index contributed by atoms with van der Waals surface area (Å²) in [6.45, 7) is 9.55. The van der Waals surface area contributed by atoms with Gasteiger partial charge in [-0.05, 0) is 11.8 Å². The lowest BCUT2D eigenvalue weighted by Crippen LogP contribution is -2.20. The van der Waals surface area contributed by atoms with Crippen LogP contribution in [0.3, 0.4) is 0 Å². The summed E-state index contributed by atoms with van der Waals surface area (Å²) in [7, 11) is 0. The summed E-state index contributed by atoms with van der Waals surface area (Å²) in [5.74, 6) is 0.912. The van der Waals surface area contributed by atoms with Gasteiger partial charge in [0.25, 0.3) is 0 Å². The normalized spacial score (nSPS) is 11.5. The van der Waals surface area contributed by atoms with Crippen molar-refractivity contribution in [2.75, 3.05) is 13.2 Å². The maximum absolute atomic E-state index is 5.57. The van der Waals surface area contributed by atoms with Crippen molar-refractivity contribution < 1.29 is 9.47 Å². The van der Waals surface area contributed by atoms with Crippen LogP contribution < -0.4 is 0 Å². The summed E-state index contributed by atoms with van der Waals surface area (Å²) in [4.78, 5) is 0. The molecule has 0 heterocycles. The van der Waals surface area contributed by atoms with E-state index in [1.807, 2.05) is 0 Å². The van der Waals surface area contributed by atoms with Crippen molar-refractivity contribution in [1.29, 1.82) is 0 Å². The molecule has 0 aliphatic rings. The average molecular weight is 255 g/mol. The predicted octanol–water partition coefficient (Wildman–Crippen LogP) is 3.98. The highest BCUT2D eigenvalue weighted by Gasteiger charge is 2.09. The van der Waals surface area contributed by atoms with Gasteiger partial charge in [0.15, 0.2) is 6.29 Å². The highest BCUT2D eigenvalue weighted by atomic mass is 35.5. The number of ether oxygens (including phenoxy) is 2. The Morgan fingerprint density at radius 2 is 1.40 bits per heavy atom. The lowest BCUT2D eigenvalue weighted by atomic mass is 10.2. The minimum absolute atomic E-state index is 0.174. The Kier molecular flexibility index (Phi) is 8.53. The molecule has 0 radical (unpaired) electrons. The summed E-state index contributed by atoms with van der Waals surface area (Å²) in [6.07, 6.45) is 1.12. The van der Waals surface area contributed by atoms with E-state index in [0.29, 0.717) is 25.0 Å². The molecule has 0 fully saturated rings. The van der Waals surface area contributed by atoms with Crippen LogP contribution >= 0.6 is 23.2 Å². The Bertz CT molecular complexity index is 175. The molecule has 0 unspecified atom stereocenters. The highest BCUT2D eigenvalue weighted by molar-refractivity contribution is 6.55. The first-order chi connectivity index (χ1) is 6.91. The number of rotatable bonds is 7. The first kappa shape index (κ1) is 15.2. The van der Waals surface area contributed by atoms with Gasteiger partial charge < -0.3 is 9.47 Å². The van der Waals surface area contributed by atoms with Gasteiger partial charge >= 0.3 is 0 Å². The third-order valence-corrected chi connectivity index (χ3v) is 1.70. The molecule has 0 atom stereocenters. The lowest BCUT2D eigenvalue weighted by molar-refractivity contribution is -0.124. The molecule has 0 bridgehead atoms. The maximum atomic E-state index is 5.57. The molecule has 0 saturated carbocycles. The van der Waals surface area contributed by atoms with Gasteiger partial charge in [0.1, 0.15) is 4.49 Å². The zero-order valence-corrected chi connectivity index (χ0v) is 11.3. The number of hydrogen-bond acceptors (Lipinski definition) is 2. The van der Waals surface area contributed by atoms with Crippen LogP contribution in [0.25, 0.3) is 0 Å². The van der Waals surface area contributed by atoms with Crippen molar-refractivity contribution in [2.24, 2.45) is 11.8 Å². The summed E-state index contributed by atoms with van der Waals surface area (Å²) >= 11 is 11.1. The van der Waals surface area contributed by atoms with Gasteiger partial charge in [0.05, 0.1) is 13.2 Å². The molecule has 0 rings (SSSR count). The molecule has 0 aromatic rings. The molecule has 0 aromatic carbocycles. The van der Waals surface area contributed by atoms with Gasteiger partial charge in [-0.15, -0.1) is 0 Å². The SMILES string of the molecule is CC(C)COC(C=C(Cl)Cl)OCC(C)C. The second kappa shape index (κ2) is 8.40. The van der Waals surface area contributed by atoms with Crippen LogP contribution in [-0.2, 0) is 9.47 Å². The van der Waals surface area contributed by atoms with E-state index in [2.05, 4.69) is 27.7 Å². The molecule has 0 aromatic heterocycles. The van der Waals surface area contributed by atoms with Crippen LogP contribution in [0.2, 0.25) is 0 Å². The summed E-state index contributed by atoms with van der Waals surface area (Å²) in [6, 6.07) is 0. The van der Waals surface area contributed by atoms with E-state index in [1.54, 1.807) is 6.08 Å². The maximum Gasteiger partial charge on any atom is 0.179 e. The molecular formula is C11H20Cl2O2. The van der Waals surface area contributed by atoms with E-state index in [4.69, 9.17) is 32.7 Å². The van der Waals surface area contributed by atoms with Crippen LogP contribution in [0, 0.1) is 11.8 Å². The Morgan fingerprint density at radius 1 is 1.00 bits per heavy atom. The first-order valence-electron chi connectivity index (χ1n) is 5.17. The first-order valence-corrected chi connectivity index (χ1v) is 5.93. The van der Waals surface area contributed by atoms with Gasteiger partial charge in [0, 0.05) is 6.08 Å². The number of halogens is 2. The average Bonchev–Trinajstić information content (AvgIpc) is 2.08. The molecule has 15 heavy (non-hydrogen) atoms. The van der Waals surface area contributed by atoms with Crippen molar-refractivity contribution in [3.63, 3.8) is 0 Å². The van der Waals surface area contributed by atoms with Gasteiger partial charge in [-0.1, -0.05) is 50.9 Å². The summed E-state index contributed by atoms with van der Waals surface area (Å²) in [5.41, 5.74) is 0. The third-order valence-electron chi connectivity index (χ3n) is 1.45. The quantitative estimate of drug-likeness (QED) is 0.641. The van der Waals surface area contributed by atoms with Crippen LogP contribution in [0.1, 0.15) is 27.7 Å². The monoisotopic (exact) mass is 254 g/mol. The van der Waals surface area contributed by atoms with Crippen molar-refractivity contribution in [1.82, 2.24) is 0 Å². The van der Waals surface area contributed by atoms with E-state index in [0.717, 1.165) is 0 Å². The Hall–Kier alpha value is 0.240.